The molecule has 0 nitrogen and oxygen atoms in total. The molecule has 10 aromatic rings. The van der Waals surface area contributed by atoms with Gasteiger partial charge in [0.05, 0.1) is 0 Å². The molecule has 56 heavy (non-hydrogen) atoms. The molecular formula is C56H38. The van der Waals surface area contributed by atoms with Crippen LogP contribution in [0.2, 0.25) is 0 Å². The number of rotatable bonds is 7. The van der Waals surface area contributed by atoms with Gasteiger partial charge < -0.3 is 0 Å². The van der Waals surface area contributed by atoms with E-state index in [-0.39, 0.29) is 0 Å². The molecule has 0 aromatic heterocycles. The van der Waals surface area contributed by atoms with E-state index in [4.69, 9.17) is 0 Å². The zero-order valence-electron chi connectivity index (χ0n) is 30.9. The van der Waals surface area contributed by atoms with Crippen molar-refractivity contribution in [3.8, 4) is 33.4 Å². The van der Waals surface area contributed by atoms with Crippen molar-refractivity contribution in [1.29, 1.82) is 0 Å². The highest BCUT2D eigenvalue weighted by atomic mass is 14.2. The lowest BCUT2D eigenvalue weighted by molar-refractivity contribution is 1.61. The first-order chi connectivity index (χ1) is 27.8. The van der Waals surface area contributed by atoms with Gasteiger partial charge in [-0.3, -0.25) is 0 Å². The molecule has 0 unspecified atom stereocenters. The Kier molecular flexibility index (Phi) is 8.63. The second kappa shape index (κ2) is 14.5. The molecule has 0 bridgehead atoms. The first kappa shape index (κ1) is 33.3. The zero-order valence-corrected chi connectivity index (χ0v) is 30.9. The van der Waals surface area contributed by atoms with Crippen molar-refractivity contribution < 1.29 is 0 Å². The molecule has 0 N–H and O–H groups in total. The van der Waals surface area contributed by atoms with Crippen LogP contribution in [0, 0.1) is 0 Å². The van der Waals surface area contributed by atoms with E-state index in [2.05, 4.69) is 231 Å². The number of benzene rings is 10. The lowest BCUT2D eigenvalue weighted by Crippen LogP contribution is -1.93. The summed E-state index contributed by atoms with van der Waals surface area (Å²) in [6.45, 7) is 0. The summed E-state index contributed by atoms with van der Waals surface area (Å²) >= 11 is 0. The minimum atomic E-state index is 1.17. The van der Waals surface area contributed by atoms with Gasteiger partial charge in [0.1, 0.15) is 0 Å². The predicted octanol–water partition coefficient (Wildman–Crippen LogP) is 15.6. The Labute approximate surface area is 328 Å². The Hall–Kier alpha value is -7.28. The van der Waals surface area contributed by atoms with Crippen molar-refractivity contribution >= 4 is 67.4 Å². The second-order valence-corrected chi connectivity index (χ2v) is 14.4. The van der Waals surface area contributed by atoms with Crippen molar-refractivity contribution in [2.75, 3.05) is 0 Å². The lowest BCUT2D eigenvalue weighted by Gasteiger charge is -2.20. The maximum Gasteiger partial charge on any atom is -0.00141 e. The van der Waals surface area contributed by atoms with Crippen LogP contribution in [-0.2, 0) is 0 Å². The van der Waals surface area contributed by atoms with Crippen LogP contribution in [0.25, 0.3) is 101 Å². The highest BCUT2D eigenvalue weighted by molar-refractivity contribution is 6.24. The summed E-state index contributed by atoms with van der Waals surface area (Å²) in [6.07, 6.45) is 8.99. The molecule has 10 aromatic carbocycles. The van der Waals surface area contributed by atoms with Crippen LogP contribution in [0.1, 0.15) is 22.3 Å². The average molecular weight is 711 g/mol. The first-order valence-electron chi connectivity index (χ1n) is 19.3. The van der Waals surface area contributed by atoms with Crippen molar-refractivity contribution in [1.82, 2.24) is 0 Å². The molecular weight excluding hydrogens is 673 g/mol. The summed E-state index contributed by atoms with van der Waals surface area (Å²) in [7, 11) is 0. The quantitative estimate of drug-likeness (QED) is 0.114. The third kappa shape index (κ3) is 6.18. The van der Waals surface area contributed by atoms with Crippen LogP contribution < -0.4 is 0 Å². The van der Waals surface area contributed by atoms with Crippen molar-refractivity contribution in [2.24, 2.45) is 0 Å². The van der Waals surface area contributed by atoms with Crippen molar-refractivity contribution in [3.63, 3.8) is 0 Å². The van der Waals surface area contributed by atoms with Gasteiger partial charge in [-0.2, -0.15) is 0 Å². The monoisotopic (exact) mass is 710 g/mol. The third-order valence-corrected chi connectivity index (χ3v) is 11.0. The zero-order chi connectivity index (χ0) is 37.3. The normalized spacial score (nSPS) is 11.8. The maximum absolute atomic E-state index is 2.35. The molecule has 0 fully saturated rings. The smallest absolute Gasteiger partial charge is 0.00141 e. The molecule has 0 heteroatoms. The van der Waals surface area contributed by atoms with Crippen LogP contribution in [0.5, 0.6) is 0 Å². The highest BCUT2D eigenvalue weighted by Gasteiger charge is 2.20. The largest absolute Gasteiger partial charge is 0.0622 e. The Morgan fingerprint density at radius 1 is 0.268 bits per heavy atom. The van der Waals surface area contributed by atoms with Crippen LogP contribution in [0.3, 0.4) is 0 Å². The fourth-order valence-electron chi connectivity index (χ4n) is 8.46. The molecule has 262 valence electrons. The third-order valence-electron chi connectivity index (χ3n) is 11.0. The van der Waals surface area contributed by atoms with Gasteiger partial charge in [0.2, 0.25) is 0 Å². The molecule has 0 aliphatic rings. The molecule has 0 aliphatic carbocycles. The maximum atomic E-state index is 2.35. The van der Waals surface area contributed by atoms with Gasteiger partial charge in [-0.1, -0.05) is 218 Å². The molecule has 0 amide bonds. The van der Waals surface area contributed by atoms with Crippen molar-refractivity contribution in [2.45, 2.75) is 0 Å². The minimum absolute atomic E-state index is 1.17. The number of hydrogen-bond acceptors (Lipinski definition) is 0. The molecule has 0 aliphatic heterocycles. The van der Waals surface area contributed by atoms with E-state index in [0.717, 1.165) is 0 Å². The van der Waals surface area contributed by atoms with Crippen LogP contribution in [-0.4, -0.2) is 0 Å². The van der Waals surface area contributed by atoms with Gasteiger partial charge >= 0.3 is 0 Å². The second-order valence-electron chi connectivity index (χ2n) is 14.4. The van der Waals surface area contributed by atoms with Gasteiger partial charge in [0.25, 0.3) is 0 Å². The molecule has 0 radical (unpaired) electrons. The molecule has 0 atom stereocenters. The summed E-state index contributed by atoms with van der Waals surface area (Å²) in [5.41, 5.74) is 12.1. The Morgan fingerprint density at radius 2 is 0.696 bits per heavy atom. The van der Waals surface area contributed by atoms with Gasteiger partial charge in [-0.15, -0.1) is 0 Å². The lowest BCUT2D eigenvalue weighted by atomic mass is 9.82. The molecule has 10 rings (SSSR count). The number of fused-ring (bicyclic) bond motifs is 4. The highest BCUT2D eigenvalue weighted by Crippen LogP contribution is 2.47. The predicted molar refractivity (Wildman–Crippen MR) is 244 cm³/mol. The average Bonchev–Trinajstić information content (AvgIpc) is 3.27. The molecule has 0 heterocycles. The van der Waals surface area contributed by atoms with E-state index < -0.39 is 0 Å². The Morgan fingerprint density at radius 3 is 1.30 bits per heavy atom. The van der Waals surface area contributed by atoms with E-state index in [1.54, 1.807) is 0 Å². The van der Waals surface area contributed by atoms with Crippen molar-refractivity contribution in [3.05, 3.63) is 229 Å². The van der Waals surface area contributed by atoms with Gasteiger partial charge in [-0.25, -0.2) is 0 Å². The Bertz CT molecular complexity index is 3110. The van der Waals surface area contributed by atoms with Gasteiger partial charge in [0, 0.05) is 0 Å². The van der Waals surface area contributed by atoms with Crippen LogP contribution in [0.15, 0.2) is 206 Å². The molecule has 0 spiro atoms. The number of hydrogen-bond donors (Lipinski definition) is 0. The summed E-state index contributed by atoms with van der Waals surface area (Å²) in [5.74, 6) is 0. The SMILES string of the molecule is C(=C\c1cccc2ccccc12)/c1cccc(-c2c3ccccc3c(-c3cccc(/C=C/c4cccc5ccccc45)c3)c3c(-c4ccccc4)cccc23)c1. The molecule has 0 saturated carbocycles. The van der Waals surface area contributed by atoms with E-state index in [0.29, 0.717) is 0 Å². The van der Waals surface area contributed by atoms with Gasteiger partial charge in [0.15, 0.2) is 0 Å². The Balaban J connectivity index is 1.16. The standard InChI is InChI=1S/C56H38/c1-2-17-43(18-3-1)50-31-14-32-53-54(46-25-10-15-39(37-46)33-35-44-23-12-21-41-19-4-6-27-48(41)44)51-29-8-9-30-52(51)55(56(50)53)47-26-11-16-40(38-47)34-36-45-24-13-22-42-20-5-7-28-49(42)45/h1-38H/b35-33+,36-34+. The minimum Gasteiger partial charge on any atom is -0.0622 e. The summed E-state index contributed by atoms with van der Waals surface area (Å²) in [4.78, 5) is 0. The van der Waals surface area contributed by atoms with Crippen LogP contribution in [0.4, 0.5) is 0 Å². The van der Waals surface area contributed by atoms with Gasteiger partial charge in [-0.05, 0) is 111 Å². The summed E-state index contributed by atoms with van der Waals surface area (Å²) in [6, 6.07) is 74.9. The fraction of sp³-hybridized carbons (Fsp3) is 0. The van der Waals surface area contributed by atoms with E-state index in [1.807, 2.05) is 0 Å². The first-order valence-corrected chi connectivity index (χ1v) is 19.3. The van der Waals surface area contributed by atoms with E-state index in [1.165, 1.54) is 98.7 Å². The summed E-state index contributed by atoms with van der Waals surface area (Å²) < 4.78 is 0. The molecule has 0 saturated heterocycles. The van der Waals surface area contributed by atoms with E-state index >= 15 is 0 Å². The van der Waals surface area contributed by atoms with E-state index in [9.17, 15) is 0 Å². The fourth-order valence-corrected chi connectivity index (χ4v) is 8.46. The summed E-state index contributed by atoms with van der Waals surface area (Å²) in [5, 5.41) is 10.0. The topological polar surface area (TPSA) is 0 Å². The van der Waals surface area contributed by atoms with Crippen LogP contribution >= 0.6 is 0 Å².